The number of nitrogens with zero attached hydrogens (tertiary/aromatic N) is 2. The van der Waals surface area contributed by atoms with E-state index in [-0.39, 0.29) is 5.84 Å². The van der Waals surface area contributed by atoms with Crippen LogP contribution in [-0.4, -0.2) is 43.5 Å². The molecule has 2 fully saturated rings. The van der Waals surface area contributed by atoms with E-state index in [1.165, 1.54) is 19.4 Å². The summed E-state index contributed by atoms with van der Waals surface area (Å²) in [5, 5.41) is 8.30. The van der Waals surface area contributed by atoms with Gasteiger partial charge in [-0.25, -0.2) is 0 Å². The van der Waals surface area contributed by atoms with Crippen molar-refractivity contribution < 1.29 is 0 Å². The van der Waals surface area contributed by atoms with Crippen LogP contribution >= 0.6 is 11.6 Å². The van der Waals surface area contributed by atoms with Gasteiger partial charge in [0.1, 0.15) is 5.84 Å². The first-order chi connectivity index (χ1) is 9.65. The van der Waals surface area contributed by atoms with Gasteiger partial charge in [-0.1, -0.05) is 17.7 Å². The van der Waals surface area contributed by atoms with E-state index in [1.54, 1.807) is 6.07 Å². The molecule has 1 aliphatic carbocycles. The van der Waals surface area contributed by atoms with Crippen molar-refractivity contribution in [3.05, 3.63) is 28.8 Å². The van der Waals surface area contributed by atoms with Crippen molar-refractivity contribution in [2.45, 2.75) is 12.8 Å². The maximum atomic E-state index is 7.73. The van der Waals surface area contributed by atoms with E-state index in [0.717, 1.165) is 37.8 Å². The van der Waals surface area contributed by atoms with Gasteiger partial charge < -0.3 is 10.6 Å². The SMILES string of the molecule is N=C(N)c1c(Cl)cccc1N1CCN(CC2CC2)CC1. The molecule has 1 saturated heterocycles. The van der Waals surface area contributed by atoms with Crippen LogP contribution in [0, 0.1) is 11.3 Å². The number of nitrogens with two attached hydrogens (primary N) is 1. The van der Waals surface area contributed by atoms with Gasteiger partial charge in [0.25, 0.3) is 0 Å². The molecule has 4 nitrogen and oxygen atoms in total. The monoisotopic (exact) mass is 292 g/mol. The zero-order valence-electron chi connectivity index (χ0n) is 11.6. The number of halogens is 1. The minimum Gasteiger partial charge on any atom is -0.384 e. The Bertz CT molecular complexity index is 505. The van der Waals surface area contributed by atoms with E-state index in [2.05, 4.69) is 9.80 Å². The van der Waals surface area contributed by atoms with Crippen molar-refractivity contribution in [2.24, 2.45) is 11.7 Å². The van der Waals surface area contributed by atoms with Crippen LogP contribution in [0.1, 0.15) is 18.4 Å². The van der Waals surface area contributed by atoms with E-state index >= 15 is 0 Å². The number of hydrogen-bond donors (Lipinski definition) is 2. The molecule has 1 aromatic carbocycles. The normalized spacial score (nSPS) is 20.1. The van der Waals surface area contributed by atoms with Crippen molar-refractivity contribution in [1.82, 2.24) is 4.90 Å². The standard InChI is InChI=1S/C15H21ClN4/c16-12-2-1-3-13(14(12)15(17)18)20-8-6-19(7-9-20)10-11-4-5-11/h1-3,11H,4-10H2,(H3,17,18). The van der Waals surface area contributed by atoms with Crippen LogP contribution in [0.2, 0.25) is 5.02 Å². The van der Waals surface area contributed by atoms with Crippen LogP contribution in [0.25, 0.3) is 0 Å². The molecule has 1 aromatic rings. The second-order valence-electron chi connectivity index (χ2n) is 5.78. The number of hydrogen-bond acceptors (Lipinski definition) is 3. The molecule has 1 heterocycles. The van der Waals surface area contributed by atoms with Crippen molar-refractivity contribution in [3.63, 3.8) is 0 Å². The second-order valence-corrected chi connectivity index (χ2v) is 6.19. The van der Waals surface area contributed by atoms with Gasteiger partial charge in [-0.05, 0) is 30.9 Å². The molecule has 0 radical (unpaired) electrons. The fraction of sp³-hybridized carbons (Fsp3) is 0.533. The molecule has 5 heteroatoms. The predicted molar refractivity (Wildman–Crippen MR) is 83.8 cm³/mol. The van der Waals surface area contributed by atoms with E-state index in [4.69, 9.17) is 22.7 Å². The fourth-order valence-electron chi connectivity index (χ4n) is 2.88. The minimum absolute atomic E-state index is 0.0472. The van der Waals surface area contributed by atoms with Gasteiger partial charge in [-0.3, -0.25) is 10.3 Å². The Morgan fingerprint density at radius 2 is 1.95 bits per heavy atom. The zero-order valence-corrected chi connectivity index (χ0v) is 12.4. The molecule has 3 N–H and O–H groups in total. The highest BCUT2D eigenvalue weighted by Gasteiger charge is 2.27. The summed E-state index contributed by atoms with van der Waals surface area (Å²) in [6, 6.07) is 5.74. The van der Waals surface area contributed by atoms with Gasteiger partial charge in [0.05, 0.1) is 10.6 Å². The maximum Gasteiger partial charge on any atom is 0.126 e. The number of nitrogens with one attached hydrogen (secondary N) is 1. The first kappa shape index (κ1) is 13.7. The highest BCUT2D eigenvalue weighted by molar-refractivity contribution is 6.34. The molecular formula is C15H21ClN4. The largest absolute Gasteiger partial charge is 0.384 e. The van der Waals surface area contributed by atoms with Gasteiger partial charge in [0.2, 0.25) is 0 Å². The van der Waals surface area contributed by atoms with Crippen LogP contribution in [0.4, 0.5) is 5.69 Å². The molecule has 0 unspecified atom stereocenters. The molecule has 0 atom stereocenters. The summed E-state index contributed by atoms with van der Waals surface area (Å²) in [5.41, 5.74) is 7.35. The quantitative estimate of drug-likeness (QED) is 0.660. The van der Waals surface area contributed by atoms with Crippen molar-refractivity contribution in [3.8, 4) is 0 Å². The van der Waals surface area contributed by atoms with Gasteiger partial charge in [-0.15, -0.1) is 0 Å². The van der Waals surface area contributed by atoms with Crippen molar-refractivity contribution in [2.75, 3.05) is 37.6 Å². The average Bonchev–Trinajstić information content (AvgIpc) is 3.23. The zero-order chi connectivity index (χ0) is 14.1. The third-order valence-corrected chi connectivity index (χ3v) is 4.50. The first-order valence-electron chi connectivity index (χ1n) is 7.25. The number of nitrogen functional groups attached to an aromatic ring is 1. The highest BCUT2D eigenvalue weighted by Crippen LogP contribution is 2.31. The number of rotatable bonds is 4. The molecular weight excluding hydrogens is 272 g/mol. The molecule has 1 aliphatic heterocycles. The van der Waals surface area contributed by atoms with Crippen LogP contribution in [-0.2, 0) is 0 Å². The van der Waals surface area contributed by atoms with Gasteiger partial charge in [0.15, 0.2) is 0 Å². The molecule has 2 aliphatic rings. The topological polar surface area (TPSA) is 56.4 Å². The predicted octanol–water partition coefficient (Wildman–Crippen LogP) is 2.16. The van der Waals surface area contributed by atoms with E-state index < -0.39 is 0 Å². The summed E-state index contributed by atoms with van der Waals surface area (Å²) in [4.78, 5) is 4.85. The molecule has 108 valence electrons. The molecule has 20 heavy (non-hydrogen) atoms. The average molecular weight is 293 g/mol. The Kier molecular flexibility index (Phi) is 3.85. The third-order valence-electron chi connectivity index (χ3n) is 4.19. The Labute approximate surface area is 125 Å². The molecule has 0 bridgehead atoms. The van der Waals surface area contributed by atoms with Crippen LogP contribution in [0.5, 0.6) is 0 Å². The number of benzene rings is 1. The molecule has 0 aromatic heterocycles. The fourth-order valence-corrected chi connectivity index (χ4v) is 3.15. The Morgan fingerprint density at radius 3 is 2.55 bits per heavy atom. The Hall–Kier alpha value is -1.26. The smallest absolute Gasteiger partial charge is 0.126 e. The summed E-state index contributed by atoms with van der Waals surface area (Å²) in [6.45, 7) is 5.38. The number of anilines is 1. The van der Waals surface area contributed by atoms with Gasteiger partial charge in [0, 0.05) is 38.4 Å². The second kappa shape index (κ2) is 5.62. The first-order valence-corrected chi connectivity index (χ1v) is 7.63. The summed E-state index contributed by atoms with van der Waals surface area (Å²) >= 11 is 6.19. The van der Waals surface area contributed by atoms with Gasteiger partial charge >= 0.3 is 0 Å². The molecule has 3 rings (SSSR count). The lowest BCUT2D eigenvalue weighted by molar-refractivity contribution is 0.248. The molecule has 0 spiro atoms. The summed E-state index contributed by atoms with van der Waals surface area (Å²) in [7, 11) is 0. The maximum absolute atomic E-state index is 7.73. The van der Waals surface area contributed by atoms with E-state index in [0.29, 0.717) is 10.6 Å². The van der Waals surface area contributed by atoms with E-state index in [9.17, 15) is 0 Å². The Morgan fingerprint density at radius 1 is 1.25 bits per heavy atom. The highest BCUT2D eigenvalue weighted by atomic mass is 35.5. The summed E-state index contributed by atoms with van der Waals surface area (Å²) < 4.78 is 0. The van der Waals surface area contributed by atoms with Crippen molar-refractivity contribution in [1.29, 1.82) is 5.41 Å². The summed E-state index contributed by atoms with van der Waals surface area (Å²) in [5.74, 6) is 0.992. The summed E-state index contributed by atoms with van der Waals surface area (Å²) in [6.07, 6.45) is 2.81. The molecule has 0 amide bonds. The Balaban J connectivity index is 1.71. The molecule has 1 saturated carbocycles. The lowest BCUT2D eigenvalue weighted by atomic mass is 10.1. The van der Waals surface area contributed by atoms with Crippen molar-refractivity contribution >= 4 is 23.1 Å². The third kappa shape index (κ3) is 2.91. The van der Waals surface area contributed by atoms with Gasteiger partial charge in [-0.2, -0.15) is 0 Å². The van der Waals surface area contributed by atoms with E-state index in [1.807, 2.05) is 12.1 Å². The number of piperazine rings is 1. The lowest BCUT2D eigenvalue weighted by Gasteiger charge is -2.37. The van der Waals surface area contributed by atoms with Crippen LogP contribution < -0.4 is 10.6 Å². The minimum atomic E-state index is 0.0472. The van der Waals surface area contributed by atoms with Crippen LogP contribution in [0.3, 0.4) is 0 Å². The lowest BCUT2D eigenvalue weighted by Crippen LogP contribution is -2.47. The van der Waals surface area contributed by atoms with Crippen LogP contribution in [0.15, 0.2) is 18.2 Å². The number of amidine groups is 1.